The van der Waals surface area contributed by atoms with Gasteiger partial charge >= 0.3 is 0 Å². The van der Waals surface area contributed by atoms with Crippen LogP contribution in [-0.4, -0.2) is 32.4 Å². The normalized spacial score (nSPS) is 11.3. The fraction of sp³-hybridized carbons (Fsp3) is 0.316. The van der Waals surface area contributed by atoms with Gasteiger partial charge < -0.3 is 10.1 Å². The summed E-state index contributed by atoms with van der Waals surface area (Å²) in [7, 11) is -2.25. The summed E-state index contributed by atoms with van der Waals surface area (Å²) in [5, 5.41) is 3.09. The molecule has 146 valence electrons. The van der Waals surface area contributed by atoms with Crippen molar-refractivity contribution in [1.82, 2.24) is 0 Å². The highest BCUT2D eigenvalue weighted by molar-refractivity contribution is 8.00. The number of amides is 1. The van der Waals surface area contributed by atoms with E-state index in [-0.39, 0.29) is 10.8 Å². The van der Waals surface area contributed by atoms with Gasteiger partial charge in [-0.15, -0.1) is 11.8 Å². The Morgan fingerprint density at radius 1 is 1.11 bits per heavy atom. The van der Waals surface area contributed by atoms with Crippen LogP contribution in [0.2, 0.25) is 0 Å². The lowest BCUT2D eigenvalue weighted by Crippen LogP contribution is -2.17. The van der Waals surface area contributed by atoms with E-state index in [4.69, 9.17) is 4.74 Å². The molecule has 0 saturated heterocycles. The van der Waals surface area contributed by atoms with Crippen LogP contribution in [0.1, 0.15) is 19.4 Å². The molecule has 0 unspecified atom stereocenters. The first-order valence-electron chi connectivity index (χ1n) is 8.40. The van der Waals surface area contributed by atoms with E-state index in [1.54, 1.807) is 50.4 Å². The largest absolute Gasteiger partial charge is 0.497 e. The Balaban J connectivity index is 2.18. The van der Waals surface area contributed by atoms with E-state index in [9.17, 15) is 13.2 Å². The van der Waals surface area contributed by atoms with Crippen molar-refractivity contribution < 1.29 is 17.9 Å². The molecule has 2 aromatic rings. The molecule has 0 spiro atoms. The van der Waals surface area contributed by atoms with E-state index in [1.807, 2.05) is 13.8 Å². The van der Waals surface area contributed by atoms with Crippen LogP contribution < -0.4 is 14.8 Å². The number of rotatable bonds is 8. The molecule has 6 nitrogen and oxygen atoms in total. The molecule has 2 N–H and O–H groups in total. The third-order valence-corrected chi connectivity index (χ3v) is 6.27. The lowest BCUT2D eigenvalue weighted by atomic mass is 10.2. The van der Waals surface area contributed by atoms with Crippen molar-refractivity contribution in [3.05, 3.63) is 48.0 Å². The zero-order valence-corrected chi connectivity index (χ0v) is 17.4. The summed E-state index contributed by atoms with van der Waals surface area (Å²) in [6.07, 6.45) is 0. The average Bonchev–Trinajstić information content (AvgIpc) is 2.62. The van der Waals surface area contributed by atoms with Gasteiger partial charge in [0.2, 0.25) is 5.91 Å². The molecule has 0 atom stereocenters. The molecular formula is C19H24N2O4S2. The summed E-state index contributed by atoms with van der Waals surface area (Å²) >= 11 is 1.52. The summed E-state index contributed by atoms with van der Waals surface area (Å²) in [5.41, 5.74) is 1.47. The van der Waals surface area contributed by atoms with E-state index in [0.717, 1.165) is 0 Å². The van der Waals surface area contributed by atoms with Crippen LogP contribution in [0.25, 0.3) is 0 Å². The highest BCUT2D eigenvalue weighted by Gasteiger charge is 2.18. The molecule has 8 heteroatoms. The summed E-state index contributed by atoms with van der Waals surface area (Å²) in [6, 6.07) is 11.4. The second-order valence-electron chi connectivity index (χ2n) is 6.22. The molecule has 1 amide bonds. The average molecular weight is 409 g/mol. The van der Waals surface area contributed by atoms with E-state index in [1.165, 1.54) is 17.8 Å². The number of benzene rings is 2. The zero-order chi connectivity index (χ0) is 20.0. The number of hydrogen-bond donors (Lipinski definition) is 2. The van der Waals surface area contributed by atoms with E-state index in [2.05, 4.69) is 10.0 Å². The van der Waals surface area contributed by atoms with Gasteiger partial charge in [-0.3, -0.25) is 9.52 Å². The van der Waals surface area contributed by atoms with Crippen molar-refractivity contribution in [2.45, 2.75) is 30.9 Å². The van der Waals surface area contributed by atoms with Crippen LogP contribution in [0.3, 0.4) is 0 Å². The second-order valence-corrected chi connectivity index (χ2v) is 9.44. The van der Waals surface area contributed by atoms with Crippen LogP contribution in [0.15, 0.2) is 47.4 Å². The van der Waals surface area contributed by atoms with Crippen LogP contribution in [0, 0.1) is 6.92 Å². The van der Waals surface area contributed by atoms with Crippen LogP contribution in [0.4, 0.5) is 11.4 Å². The number of anilines is 2. The number of carbonyl (C=O) groups excluding carboxylic acids is 1. The quantitative estimate of drug-likeness (QED) is 0.692. The van der Waals surface area contributed by atoms with Crippen molar-refractivity contribution >= 4 is 39.1 Å². The number of carbonyl (C=O) groups is 1. The van der Waals surface area contributed by atoms with Gasteiger partial charge in [-0.25, -0.2) is 8.42 Å². The molecule has 2 aromatic carbocycles. The number of hydrogen-bond acceptors (Lipinski definition) is 5. The first kappa shape index (κ1) is 21.1. The van der Waals surface area contributed by atoms with Gasteiger partial charge in [-0.2, -0.15) is 0 Å². The first-order chi connectivity index (χ1) is 12.7. The smallest absolute Gasteiger partial charge is 0.262 e. The molecule has 0 bridgehead atoms. The summed E-state index contributed by atoms with van der Waals surface area (Å²) in [6.45, 7) is 5.74. The number of ether oxygens (including phenoxy) is 1. The Hall–Kier alpha value is -2.19. The SMILES string of the molecule is COc1ccc(NS(=O)(=O)c2cc(NC(=O)CSC(C)C)ccc2C)cc1. The first-order valence-corrected chi connectivity index (χ1v) is 10.9. The molecule has 0 aromatic heterocycles. The van der Waals surface area contributed by atoms with Crippen LogP contribution in [0.5, 0.6) is 5.75 Å². The number of sulfonamides is 1. The fourth-order valence-electron chi connectivity index (χ4n) is 2.28. The minimum atomic E-state index is -3.79. The Kier molecular flexibility index (Phi) is 7.15. The molecule has 0 radical (unpaired) electrons. The van der Waals surface area contributed by atoms with Crippen LogP contribution >= 0.6 is 11.8 Å². The van der Waals surface area contributed by atoms with Gasteiger partial charge in [0.25, 0.3) is 10.0 Å². The number of aryl methyl sites for hydroxylation is 1. The standard InChI is InChI=1S/C19H24N2O4S2/c1-13(2)26-12-19(22)20-16-6-5-14(3)18(11-16)27(23,24)21-15-7-9-17(25-4)10-8-15/h5-11,13,21H,12H2,1-4H3,(H,20,22). The third kappa shape index (κ3) is 6.18. The number of thioether (sulfide) groups is 1. The third-order valence-electron chi connectivity index (χ3n) is 3.65. The molecular weight excluding hydrogens is 384 g/mol. The maximum atomic E-state index is 12.8. The summed E-state index contributed by atoms with van der Waals surface area (Å²) < 4.78 is 33.2. The highest BCUT2D eigenvalue weighted by Crippen LogP contribution is 2.24. The zero-order valence-electron chi connectivity index (χ0n) is 15.8. The van der Waals surface area contributed by atoms with E-state index in [0.29, 0.717) is 33.7 Å². The Morgan fingerprint density at radius 2 is 1.74 bits per heavy atom. The van der Waals surface area contributed by atoms with Crippen LogP contribution in [-0.2, 0) is 14.8 Å². The molecule has 0 aliphatic carbocycles. The van der Waals surface area contributed by atoms with E-state index >= 15 is 0 Å². The maximum absolute atomic E-state index is 12.8. The minimum absolute atomic E-state index is 0.118. The van der Waals surface area contributed by atoms with Gasteiger partial charge in [0.1, 0.15) is 5.75 Å². The Morgan fingerprint density at radius 3 is 2.33 bits per heavy atom. The Labute approximate surface area is 164 Å². The van der Waals surface area contributed by atoms with Gasteiger partial charge in [-0.05, 0) is 54.1 Å². The van der Waals surface area contributed by atoms with E-state index < -0.39 is 10.0 Å². The number of methoxy groups -OCH3 is 1. The van der Waals surface area contributed by atoms with Crippen molar-refractivity contribution in [3.8, 4) is 5.75 Å². The van der Waals surface area contributed by atoms with Crippen molar-refractivity contribution in [1.29, 1.82) is 0 Å². The van der Waals surface area contributed by atoms with Crippen molar-refractivity contribution in [2.75, 3.05) is 22.9 Å². The topological polar surface area (TPSA) is 84.5 Å². The molecule has 0 aliphatic rings. The van der Waals surface area contributed by atoms with Gasteiger partial charge in [0.15, 0.2) is 0 Å². The minimum Gasteiger partial charge on any atom is -0.497 e. The fourth-order valence-corrected chi connectivity index (χ4v) is 4.16. The molecule has 0 fully saturated rings. The van der Waals surface area contributed by atoms with Gasteiger partial charge in [0.05, 0.1) is 17.8 Å². The molecule has 0 heterocycles. The molecule has 0 saturated carbocycles. The second kappa shape index (κ2) is 9.14. The predicted octanol–water partition coefficient (Wildman–Crippen LogP) is 3.88. The maximum Gasteiger partial charge on any atom is 0.262 e. The highest BCUT2D eigenvalue weighted by atomic mass is 32.2. The lowest BCUT2D eigenvalue weighted by Gasteiger charge is -2.13. The molecule has 0 aliphatic heterocycles. The number of nitrogens with one attached hydrogen (secondary N) is 2. The lowest BCUT2D eigenvalue weighted by molar-refractivity contribution is -0.113. The predicted molar refractivity (Wildman–Crippen MR) is 111 cm³/mol. The Bertz CT molecular complexity index is 894. The molecule has 2 rings (SSSR count). The summed E-state index contributed by atoms with van der Waals surface area (Å²) in [5.74, 6) is 0.791. The van der Waals surface area contributed by atoms with Gasteiger partial charge in [-0.1, -0.05) is 19.9 Å². The van der Waals surface area contributed by atoms with Crippen molar-refractivity contribution in [2.24, 2.45) is 0 Å². The summed E-state index contributed by atoms with van der Waals surface area (Å²) in [4.78, 5) is 12.1. The molecule has 27 heavy (non-hydrogen) atoms. The monoisotopic (exact) mass is 408 g/mol. The van der Waals surface area contributed by atoms with Crippen molar-refractivity contribution in [3.63, 3.8) is 0 Å². The van der Waals surface area contributed by atoms with Gasteiger partial charge in [0, 0.05) is 11.4 Å².